The Hall–Kier alpha value is -0.0151. The average molecular weight is 170 g/mol. The molecule has 70 valence electrons. The van der Waals surface area contributed by atoms with Crippen LogP contribution in [0.15, 0.2) is 0 Å². The van der Waals surface area contributed by atoms with Crippen LogP contribution in [0.4, 0.5) is 0 Å². The maximum absolute atomic E-state index is 8.96. The molecule has 1 aliphatic carbocycles. The van der Waals surface area contributed by atoms with Crippen LogP contribution in [0, 0.1) is 11.8 Å². The van der Waals surface area contributed by atoms with Crippen molar-refractivity contribution in [1.29, 1.82) is 0 Å². The molecule has 0 unspecified atom stereocenters. The second-order valence-corrected chi connectivity index (χ2v) is 4.33. The van der Waals surface area contributed by atoms with Crippen molar-refractivity contribution in [2.75, 3.05) is 0 Å². The Bertz CT molecular complexity index is 112. The predicted octanol–water partition coefficient (Wildman–Crippen LogP) is 1.68. The van der Waals surface area contributed by atoms with Crippen LogP contribution in [0.1, 0.15) is 39.5 Å². The minimum atomic E-state index is -1.09. The first-order chi connectivity index (χ1) is 5.61. The summed E-state index contributed by atoms with van der Waals surface area (Å²) in [5.41, 5.74) is 0. The fourth-order valence-corrected chi connectivity index (χ4v) is 2.11. The third-order valence-corrected chi connectivity index (χ3v) is 3.18. The van der Waals surface area contributed by atoms with Gasteiger partial charge in [0.2, 0.25) is 0 Å². The molecule has 0 heterocycles. The highest BCUT2D eigenvalue weighted by molar-refractivity contribution is 6.43. The van der Waals surface area contributed by atoms with Gasteiger partial charge in [-0.2, -0.15) is 0 Å². The van der Waals surface area contributed by atoms with Gasteiger partial charge in [-0.05, 0) is 17.7 Å². The zero-order valence-corrected chi connectivity index (χ0v) is 8.03. The van der Waals surface area contributed by atoms with Gasteiger partial charge in [-0.25, -0.2) is 0 Å². The summed E-state index contributed by atoms with van der Waals surface area (Å²) in [5.74, 6) is 1.70. The van der Waals surface area contributed by atoms with Crippen LogP contribution in [0.25, 0.3) is 0 Å². The maximum Gasteiger partial charge on any atom is 0.454 e. The molecule has 1 rings (SSSR count). The Morgan fingerprint density at radius 2 is 1.58 bits per heavy atom. The molecule has 0 spiro atoms. The highest BCUT2D eigenvalue weighted by Crippen LogP contribution is 2.36. The SMILES string of the molecule is CC(C)C1CCC(B(O)O)CC1. The Kier molecular flexibility index (Phi) is 3.60. The highest BCUT2D eigenvalue weighted by Gasteiger charge is 2.29. The molecular weight excluding hydrogens is 151 g/mol. The quantitative estimate of drug-likeness (QED) is 0.619. The minimum absolute atomic E-state index is 0.139. The summed E-state index contributed by atoms with van der Waals surface area (Å²) < 4.78 is 0. The second kappa shape index (κ2) is 4.29. The minimum Gasteiger partial charge on any atom is -0.427 e. The van der Waals surface area contributed by atoms with Crippen molar-refractivity contribution in [3.8, 4) is 0 Å². The van der Waals surface area contributed by atoms with E-state index in [-0.39, 0.29) is 5.82 Å². The Labute approximate surface area is 75.1 Å². The molecule has 0 aromatic rings. The first-order valence-corrected chi connectivity index (χ1v) is 4.97. The molecule has 3 heteroatoms. The van der Waals surface area contributed by atoms with Gasteiger partial charge in [-0.1, -0.05) is 39.5 Å². The van der Waals surface area contributed by atoms with E-state index < -0.39 is 7.12 Å². The summed E-state index contributed by atoms with van der Waals surface area (Å²) in [6.45, 7) is 4.50. The van der Waals surface area contributed by atoms with Gasteiger partial charge in [0.1, 0.15) is 0 Å². The first-order valence-electron chi connectivity index (χ1n) is 4.97. The average Bonchev–Trinajstić information content (AvgIpc) is 2.04. The van der Waals surface area contributed by atoms with Gasteiger partial charge in [0.05, 0.1) is 0 Å². The molecule has 2 N–H and O–H groups in total. The summed E-state index contributed by atoms with van der Waals surface area (Å²) in [6.07, 6.45) is 4.31. The van der Waals surface area contributed by atoms with Gasteiger partial charge in [-0.3, -0.25) is 0 Å². The summed E-state index contributed by atoms with van der Waals surface area (Å²) in [4.78, 5) is 0. The van der Waals surface area contributed by atoms with Crippen LogP contribution in [-0.4, -0.2) is 17.2 Å². The van der Waals surface area contributed by atoms with Gasteiger partial charge in [0.25, 0.3) is 0 Å². The molecule has 0 atom stereocenters. The fraction of sp³-hybridized carbons (Fsp3) is 1.00. The third kappa shape index (κ3) is 2.49. The largest absolute Gasteiger partial charge is 0.454 e. The normalized spacial score (nSPS) is 30.8. The molecule has 0 aliphatic heterocycles. The van der Waals surface area contributed by atoms with Crippen LogP contribution in [0.2, 0.25) is 5.82 Å². The van der Waals surface area contributed by atoms with E-state index in [1.807, 2.05) is 0 Å². The van der Waals surface area contributed by atoms with Gasteiger partial charge in [0, 0.05) is 0 Å². The monoisotopic (exact) mass is 170 g/mol. The van der Waals surface area contributed by atoms with Crippen LogP contribution in [0.5, 0.6) is 0 Å². The second-order valence-electron chi connectivity index (χ2n) is 4.33. The van der Waals surface area contributed by atoms with Crippen molar-refractivity contribution >= 4 is 7.12 Å². The molecular formula is C9H19BO2. The molecule has 12 heavy (non-hydrogen) atoms. The Morgan fingerprint density at radius 3 is 1.92 bits per heavy atom. The topological polar surface area (TPSA) is 40.5 Å². The highest BCUT2D eigenvalue weighted by atomic mass is 16.4. The molecule has 0 radical (unpaired) electrons. The standard InChI is InChI=1S/C9H19BO2/c1-7(2)8-3-5-9(6-4-8)10(11)12/h7-9,11-12H,3-6H2,1-2H3. The van der Waals surface area contributed by atoms with Crippen molar-refractivity contribution in [2.45, 2.75) is 45.3 Å². The molecule has 1 fully saturated rings. The van der Waals surface area contributed by atoms with E-state index in [0.29, 0.717) is 0 Å². The lowest BCUT2D eigenvalue weighted by Crippen LogP contribution is -2.26. The number of hydrogen-bond acceptors (Lipinski definition) is 2. The molecule has 0 amide bonds. The van der Waals surface area contributed by atoms with Crippen LogP contribution >= 0.6 is 0 Å². The van der Waals surface area contributed by atoms with E-state index in [0.717, 1.165) is 24.7 Å². The van der Waals surface area contributed by atoms with E-state index in [4.69, 9.17) is 10.0 Å². The predicted molar refractivity (Wildman–Crippen MR) is 50.7 cm³/mol. The van der Waals surface area contributed by atoms with E-state index in [1.165, 1.54) is 12.8 Å². The lowest BCUT2D eigenvalue weighted by molar-refractivity contribution is 0.256. The molecule has 0 bridgehead atoms. The van der Waals surface area contributed by atoms with E-state index >= 15 is 0 Å². The van der Waals surface area contributed by atoms with Crippen molar-refractivity contribution in [3.63, 3.8) is 0 Å². The fourth-order valence-electron chi connectivity index (χ4n) is 2.11. The van der Waals surface area contributed by atoms with Gasteiger partial charge < -0.3 is 10.0 Å². The van der Waals surface area contributed by atoms with Crippen molar-refractivity contribution in [1.82, 2.24) is 0 Å². The summed E-state index contributed by atoms with van der Waals surface area (Å²) in [5, 5.41) is 17.9. The molecule has 1 saturated carbocycles. The van der Waals surface area contributed by atoms with E-state index in [9.17, 15) is 0 Å². The lowest BCUT2D eigenvalue weighted by atomic mass is 9.62. The smallest absolute Gasteiger partial charge is 0.427 e. The first kappa shape index (κ1) is 10.1. The van der Waals surface area contributed by atoms with Crippen molar-refractivity contribution in [2.24, 2.45) is 11.8 Å². The summed E-state index contributed by atoms with van der Waals surface area (Å²) >= 11 is 0. The van der Waals surface area contributed by atoms with Gasteiger partial charge in [0.15, 0.2) is 0 Å². The molecule has 0 aromatic heterocycles. The Morgan fingerprint density at radius 1 is 1.08 bits per heavy atom. The lowest BCUT2D eigenvalue weighted by Gasteiger charge is -2.30. The molecule has 2 nitrogen and oxygen atoms in total. The van der Waals surface area contributed by atoms with Crippen LogP contribution < -0.4 is 0 Å². The zero-order valence-electron chi connectivity index (χ0n) is 8.03. The summed E-state index contributed by atoms with van der Waals surface area (Å²) in [7, 11) is -1.09. The van der Waals surface area contributed by atoms with Crippen molar-refractivity contribution < 1.29 is 10.0 Å². The van der Waals surface area contributed by atoms with E-state index in [1.54, 1.807) is 0 Å². The number of hydrogen-bond donors (Lipinski definition) is 2. The summed E-state index contributed by atoms with van der Waals surface area (Å²) in [6, 6.07) is 0. The van der Waals surface area contributed by atoms with Gasteiger partial charge in [-0.15, -0.1) is 0 Å². The van der Waals surface area contributed by atoms with Crippen LogP contribution in [-0.2, 0) is 0 Å². The van der Waals surface area contributed by atoms with E-state index in [2.05, 4.69) is 13.8 Å². The maximum atomic E-state index is 8.96. The molecule has 0 saturated heterocycles. The third-order valence-electron chi connectivity index (χ3n) is 3.18. The number of rotatable bonds is 2. The van der Waals surface area contributed by atoms with Gasteiger partial charge >= 0.3 is 7.12 Å². The molecule has 1 aliphatic rings. The van der Waals surface area contributed by atoms with Crippen LogP contribution in [0.3, 0.4) is 0 Å². The van der Waals surface area contributed by atoms with Crippen molar-refractivity contribution in [3.05, 3.63) is 0 Å². The molecule has 0 aromatic carbocycles. The Balaban J connectivity index is 2.30. The zero-order chi connectivity index (χ0) is 9.14.